The molecule has 3 aromatic rings. The number of rotatable bonds is 8. The number of nitrogens with two attached hydrogens (primary N) is 1. The Hall–Kier alpha value is -3.95. The maximum atomic E-state index is 13.2. The van der Waals surface area contributed by atoms with Gasteiger partial charge in [-0.2, -0.15) is 0 Å². The van der Waals surface area contributed by atoms with E-state index in [-0.39, 0.29) is 11.9 Å². The molecule has 0 bridgehead atoms. The SMILES string of the molecule is CCOC(=O)c1c(C)[nH]c(/C=C2\C(=O)Nc3cccc(-c4ccc(N)nc4)c32)c1CCCN1CCN(C)CC1. The summed E-state index contributed by atoms with van der Waals surface area (Å²) in [6.07, 6.45) is 5.18. The summed E-state index contributed by atoms with van der Waals surface area (Å²) < 4.78 is 5.41. The Balaban J connectivity index is 1.51. The van der Waals surface area contributed by atoms with E-state index in [0.717, 1.165) is 78.5 Å². The van der Waals surface area contributed by atoms with Crippen LogP contribution in [0.3, 0.4) is 0 Å². The minimum absolute atomic E-state index is 0.186. The van der Waals surface area contributed by atoms with Gasteiger partial charge in [-0.3, -0.25) is 4.79 Å². The van der Waals surface area contributed by atoms with Crippen LogP contribution in [0.25, 0.3) is 22.8 Å². The van der Waals surface area contributed by atoms with Crippen molar-refractivity contribution < 1.29 is 14.3 Å². The first-order chi connectivity index (χ1) is 18.9. The first kappa shape index (κ1) is 26.6. The lowest BCUT2D eigenvalue weighted by Gasteiger charge is -2.32. The number of carbonyl (C=O) groups excluding carboxylic acids is 2. The predicted octanol–water partition coefficient (Wildman–Crippen LogP) is 3.82. The number of anilines is 2. The molecule has 9 heteroatoms. The van der Waals surface area contributed by atoms with Crippen LogP contribution in [0, 0.1) is 6.92 Å². The fraction of sp³-hybridized carbons (Fsp3) is 0.367. The van der Waals surface area contributed by atoms with Crippen LogP contribution in [0.5, 0.6) is 0 Å². The number of pyridine rings is 1. The first-order valence-electron chi connectivity index (χ1n) is 13.5. The molecule has 39 heavy (non-hydrogen) atoms. The van der Waals surface area contributed by atoms with Crippen molar-refractivity contribution >= 4 is 35.0 Å². The second-order valence-corrected chi connectivity index (χ2v) is 10.2. The number of nitrogens with zero attached hydrogens (tertiary/aromatic N) is 3. The molecule has 0 unspecified atom stereocenters. The molecule has 9 nitrogen and oxygen atoms in total. The van der Waals surface area contributed by atoms with E-state index in [9.17, 15) is 9.59 Å². The number of amides is 1. The standard InChI is InChI=1S/C30H36N6O3/c1-4-39-30(38)27-19(2)33-25(22(27)8-6-12-36-15-13-35(3)14-16-36)17-23-28-21(20-10-11-26(31)32-18-20)7-5-9-24(28)34-29(23)37/h5,7,9-11,17-18,33H,4,6,8,12-16H2,1-3H3,(H2,31,32)(H,34,37)/b23-17-. The van der Waals surface area contributed by atoms with Gasteiger partial charge in [0.25, 0.3) is 5.91 Å². The van der Waals surface area contributed by atoms with Gasteiger partial charge in [0.15, 0.2) is 0 Å². The monoisotopic (exact) mass is 528 g/mol. The Morgan fingerprint density at radius 1 is 1.18 bits per heavy atom. The Morgan fingerprint density at radius 2 is 1.97 bits per heavy atom. The molecule has 1 fully saturated rings. The molecule has 4 N–H and O–H groups in total. The molecular formula is C30H36N6O3. The largest absolute Gasteiger partial charge is 0.462 e. The molecule has 1 aromatic carbocycles. The maximum absolute atomic E-state index is 13.2. The normalized spacial score (nSPS) is 16.9. The number of H-pyrrole nitrogens is 1. The van der Waals surface area contributed by atoms with Crippen molar-refractivity contribution in [2.45, 2.75) is 26.7 Å². The second-order valence-electron chi connectivity index (χ2n) is 10.2. The van der Waals surface area contributed by atoms with Crippen LogP contribution in [0.2, 0.25) is 0 Å². The van der Waals surface area contributed by atoms with E-state index in [4.69, 9.17) is 10.5 Å². The lowest BCUT2D eigenvalue weighted by molar-refractivity contribution is -0.110. The van der Waals surface area contributed by atoms with E-state index in [0.29, 0.717) is 30.0 Å². The summed E-state index contributed by atoms with van der Waals surface area (Å²) in [7, 11) is 2.15. The number of nitrogens with one attached hydrogen (secondary N) is 2. The molecule has 4 heterocycles. The number of piperazine rings is 1. The molecule has 2 aliphatic heterocycles. The van der Waals surface area contributed by atoms with Gasteiger partial charge in [0.2, 0.25) is 0 Å². The second kappa shape index (κ2) is 11.4. The van der Waals surface area contributed by atoms with Gasteiger partial charge in [-0.25, -0.2) is 9.78 Å². The lowest BCUT2D eigenvalue weighted by atomic mass is 9.94. The number of hydrogen-bond donors (Lipinski definition) is 3. The van der Waals surface area contributed by atoms with Crippen molar-refractivity contribution in [3.63, 3.8) is 0 Å². The molecular weight excluding hydrogens is 492 g/mol. The third-order valence-electron chi connectivity index (χ3n) is 7.51. The Kier molecular flexibility index (Phi) is 7.81. The third-order valence-corrected chi connectivity index (χ3v) is 7.51. The van der Waals surface area contributed by atoms with E-state index in [1.165, 1.54) is 0 Å². The summed E-state index contributed by atoms with van der Waals surface area (Å²) in [6.45, 7) is 9.16. The van der Waals surface area contributed by atoms with E-state index in [1.807, 2.05) is 44.2 Å². The van der Waals surface area contributed by atoms with Gasteiger partial charge in [0, 0.05) is 60.6 Å². The third kappa shape index (κ3) is 5.60. The van der Waals surface area contributed by atoms with Gasteiger partial charge < -0.3 is 30.6 Å². The minimum atomic E-state index is -0.338. The van der Waals surface area contributed by atoms with Crippen LogP contribution < -0.4 is 11.1 Å². The van der Waals surface area contributed by atoms with Gasteiger partial charge in [0.1, 0.15) is 5.82 Å². The number of aromatic nitrogens is 2. The fourth-order valence-electron chi connectivity index (χ4n) is 5.45. The number of benzene rings is 1. The summed E-state index contributed by atoms with van der Waals surface area (Å²) in [5.41, 5.74) is 12.6. The molecule has 1 amide bonds. The Labute approximate surface area is 229 Å². The smallest absolute Gasteiger partial charge is 0.340 e. The first-order valence-corrected chi connectivity index (χ1v) is 13.5. The van der Waals surface area contributed by atoms with Crippen LogP contribution in [0.15, 0.2) is 36.5 Å². The molecule has 0 spiro atoms. The van der Waals surface area contributed by atoms with E-state index in [1.54, 1.807) is 12.3 Å². The number of aryl methyl sites for hydroxylation is 1. The maximum Gasteiger partial charge on any atom is 0.340 e. The highest BCUT2D eigenvalue weighted by atomic mass is 16.5. The number of esters is 1. The van der Waals surface area contributed by atoms with Crippen LogP contribution in [0.4, 0.5) is 11.5 Å². The van der Waals surface area contributed by atoms with Crippen molar-refractivity contribution in [1.29, 1.82) is 0 Å². The number of carbonyl (C=O) groups is 2. The molecule has 1 saturated heterocycles. The van der Waals surface area contributed by atoms with Gasteiger partial charge in [-0.15, -0.1) is 0 Å². The summed E-state index contributed by atoms with van der Waals surface area (Å²) in [5, 5.41) is 2.99. The molecule has 204 valence electrons. The zero-order valence-electron chi connectivity index (χ0n) is 22.8. The minimum Gasteiger partial charge on any atom is -0.462 e. The zero-order valence-corrected chi connectivity index (χ0v) is 22.8. The Bertz CT molecular complexity index is 1400. The molecule has 0 atom stereocenters. The number of fused-ring (bicyclic) bond motifs is 1. The number of hydrogen-bond acceptors (Lipinski definition) is 7. The molecule has 0 aliphatic carbocycles. The van der Waals surface area contributed by atoms with Crippen LogP contribution >= 0.6 is 0 Å². The highest BCUT2D eigenvalue weighted by Crippen LogP contribution is 2.41. The van der Waals surface area contributed by atoms with E-state index in [2.05, 4.69) is 32.1 Å². The lowest BCUT2D eigenvalue weighted by Crippen LogP contribution is -2.44. The highest BCUT2D eigenvalue weighted by molar-refractivity contribution is 6.36. The Morgan fingerprint density at radius 3 is 2.69 bits per heavy atom. The van der Waals surface area contributed by atoms with Crippen LogP contribution in [0.1, 0.15) is 46.2 Å². The topological polar surface area (TPSA) is 117 Å². The molecule has 0 radical (unpaired) electrons. The van der Waals surface area contributed by atoms with Crippen molar-refractivity contribution in [3.8, 4) is 11.1 Å². The highest BCUT2D eigenvalue weighted by Gasteiger charge is 2.29. The summed E-state index contributed by atoms with van der Waals surface area (Å²) in [6, 6.07) is 9.43. The van der Waals surface area contributed by atoms with Gasteiger partial charge in [0.05, 0.1) is 17.7 Å². The van der Waals surface area contributed by atoms with Gasteiger partial charge in [-0.1, -0.05) is 12.1 Å². The fourth-order valence-corrected chi connectivity index (χ4v) is 5.45. The summed E-state index contributed by atoms with van der Waals surface area (Å²) in [5.74, 6) is -0.0875. The number of nitrogen functional groups attached to an aromatic ring is 1. The van der Waals surface area contributed by atoms with Crippen molar-refractivity contribution in [1.82, 2.24) is 19.8 Å². The quantitative estimate of drug-likeness (QED) is 0.301. The van der Waals surface area contributed by atoms with Crippen molar-refractivity contribution in [3.05, 3.63) is 64.6 Å². The average molecular weight is 529 g/mol. The van der Waals surface area contributed by atoms with E-state index < -0.39 is 0 Å². The van der Waals surface area contributed by atoms with Gasteiger partial charge >= 0.3 is 5.97 Å². The average Bonchev–Trinajstić information content (AvgIpc) is 3.41. The van der Waals surface area contributed by atoms with E-state index >= 15 is 0 Å². The zero-order chi connectivity index (χ0) is 27.5. The summed E-state index contributed by atoms with van der Waals surface area (Å²) >= 11 is 0. The van der Waals surface area contributed by atoms with Gasteiger partial charge in [-0.05, 0) is 75.7 Å². The molecule has 5 rings (SSSR count). The van der Waals surface area contributed by atoms with Crippen LogP contribution in [-0.4, -0.2) is 78.0 Å². The molecule has 0 saturated carbocycles. The van der Waals surface area contributed by atoms with Crippen LogP contribution in [-0.2, 0) is 16.0 Å². The summed E-state index contributed by atoms with van der Waals surface area (Å²) in [4.78, 5) is 38.7. The van der Waals surface area contributed by atoms with Crippen molar-refractivity contribution in [2.24, 2.45) is 0 Å². The molecule has 2 aromatic heterocycles. The predicted molar refractivity (Wildman–Crippen MR) is 154 cm³/mol. The number of aromatic amines is 1. The number of likely N-dealkylation sites (N-methyl/N-ethyl adjacent to an activating group) is 1. The molecule has 2 aliphatic rings. The van der Waals surface area contributed by atoms with Crippen molar-refractivity contribution in [2.75, 3.05) is 57.4 Å². The number of ether oxygens (including phenoxy) is 1.